The molecule has 0 amide bonds. The van der Waals surface area contributed by atoms with Gasteiger partial charge in [0.2, 0.25) is 0 Å². The fourth-order valence-electron chi connectivity index (χ4n) is 6.07. The molecule has 0 aromatic heterocycles. The standard InChI is InChI=1S/C41H79N/c1-5-7-9-11-13-15-17-19-21-23-25-27-29-31-33-35-38-41(39-36-40-42(3)4)37-34-32-30-28-26-24-22-20-18-16-14-12-10-8-6-2/h14,16,18-21,41H,5-13,15,17,22-40H2,1-4H3/b16-14+,20-18-,21-19-. The maximum absolute atomic E-state index is 2.46. The lowest BCUT2D eigenvalue weighted by molar-refractivity contribution is 0.332. The van der Waals surface area contributed by atoms with Crippen LogP contribution in [0.4, 0.5) is 0 Å². The molecule has 0 aliphatic rings. The van der Waals surface area contributed by atoms with Gasteiger partial charge in [0.25, 0.3) is 0 Å². The van der Waals surface area contributed by atoms with Crippen LogP contribution >= 0.6 is 0 Å². The molecule has 0 aromatic rings. The van der Waals surface area contributed by atoms with E-state index in [4.69, 9.17) is 0 Å². The van der Waals surface area contributed by atoms with Crippen LogP contribution < -0.4 is 0 Å². The predicted molar refractivity (Wildman–Crippen MR) is 195 cm³/mol. The number of hydrogen-bond acceptors (Lipinski definition) is 1. The molecule has 0 bridgehead atoms. The van der Waals surface area contributed by atoms with Crippen LogP contribution in [0.5, 0.6) is 0 Å². The van der Waals surface area contributed by atoms with E-state index >= 15 is 0 Å². The van der Waals surface area contributed by atoms with E-state index in [1.54, 1.807) is 0 Å². The van der Waals surface area contributed by atoms with E-state index in [2.05, 4.69) is 69.3 Å². The van der Waals surface area contributed by atoms with Crippen LogP contribution in [-0.4, -0.2) is 25.5 Å². The number of allylic oxidation sites excluding steroid dienone is 6. The van der Waals surface area contributed by atoms with Crippen molar-refractivity contribution >= 4 is 0 Å². The zero-order valence-electron chi connectivity index (χ0n) is 29.7. The lowest BCUT2D eigenvalue weighted by atomic mass is 9.90. The Labute approximate surface area is 267 Å². The van der Waals surface area contributed by atoms with Gasteiger partial charge >= 0.3 is 0 Å². The minimum Gasteiger partial charge on any atom is -0.309 e. The van der Waals surface area contributed by atoms with Crippen molar-refractivity contribution in [2.75, 3.05) is 20.6 Å². The Balaban J connectivity index is 3.75. The molecule has 0 aliphatic heterocycles. The van der Waals surface area contributed by atoms with Gasteiger partial charge in [0, 0.05) is 0 Å². The number of rotatable bonds is 34. The summed E-state index contributed by atoms with van der Waals surface area (Å²) in [5.74, 6) is 0.974. The zero-order valence-corrected chi connectivity index (χ0v) is 29.7. The Morgan fingerprint density at radius 3 is 1.17 bits per heavy atom. The molecular weight excluding hydrogens is 506 g/mol. The fraction of sp³-hybridized carbons (Fsp3) is 0.854. The summed E-state index contributed by atoms with van der Waals surface area (Å²) in [7, 11) is 4.45. The molecule has 0 heterocycles. The third-order valence-corrected chi connectivity index (χ3v) is 8.93. The van der Waals surface area contributed by atoms with Gasteiger partial charge in [-0.3, -0.25) is 0 Å². The van der Waals surface area contributed by atoms with E-state index in [1.807, 2.05) is 0 Å². The maximum Gasteiger partial charge on any atom is -0.00247 e. The van der Waals surface area contributed by atoms with Crippen molar-refractivity contribution < 1.29 is 0 Å². The average Bonchev–Trinajstić information content (AvgIpc) is 2.98. The van der Waals surface area contributed by atoms with Crippen molar-refractivity contribution in [3.8, 4) is 0 Å². The topological polar surface area (TPSA) is 3.24 Å². The summed E-state index contributed by atoms with van der Waals surface area (Å²) in [6.07, 6.45) is 54.7. The van der Waals surface area contributed by atoms with Crippen molar-refractivity contribution in [3.05, 3.63) is 36.5 Å². The van der Waals surface area contributed by atoms with Crippen LogP contribution in [0.25, 0.3) is 0 Å². The van der Waals surface area contributed by atoms with Gasteiger partial charge in [-0.25, -0.2) is 0 Å². The quantitative estimate of drug-likeness (QED) is 0.0412. The Morgan fingerprint density at radius 2 is 0.714 bits per heavy atom. The van der Waals surface area contributed by atoms with Crippen LogP contribution in [0.15, 0.2) is 36.5 Å². The third-order valence-electron chi connectivity index (χ3n) is 8.93. The second-order valence-electron chi connectivity index (χ2n) is 13.6. The maximum atomic E-state index is 2.46. The summed E-state index contributed by atoms with van der Waals surface area (Å²) in [6.45, 7) is 5.83. The lowest BCUT2D eigenvalue weighted by Crippen LogP contribution is -2.14. The van der Waals surface area contributed by atoms with Crippen LogP contribution in [-0.2, 0) is 0 Å². The normalized spacial score (nSPS) is 13.1. The molecular formula is C41H79N. The molecule has 0 saturated carbocycles. The Morgan fingerprint density at radius 1 is 0.381 bits per heavy atom. The summed E-state index contributed by atoms with van der Waals surface area (Å²) in [6, 6.07) is 0. The van der Waals surface area contributed by atoms with Gasteiger partial charge in [-0.15, -0.1) is 0 Å². The van der Waals surface area contributed by atoms with Gasteiger partial charge in [-0.05, 0) is 90.8 Å². The van der Waals surface area contributed by atoms with Gasteiger partial charge in [-0.1, -0.05) is 172 Å². The molecule has 1 unspecified atom stereocenters. The average molecular weight is 586 g/mol. The lowest BCUT2D eigenvalue weighted by Gasteiger charge is -2.18. The minimum atomic E-state index is 0.974. The van der Waals surface area contributed by atoms with Gasteiger partial charge in [0.05, 0.1) is 0 Å². The fourth-order valence-corrected chi connectivity index (χ4v) is 6.07. The van der Waals surface area contributed by atoms with E-state index in [1.165, 1.54) is 193 Å². The SMILES string of the molecule is CCCCC/C=C/C=C\CCCCCCCCC(CCCCCCCC/C=C\CCCCCCCC)CCCN(C)C. The first kappa shape index (κ1) is 41.2. The predicted octanol–water partition coefficient (Wildman–Crippen LogP) is 14.2. The summed E-state index contributed by atoms with van der Waals surface area (Å²) >= 11 is 0. The Hall–Kier alpha value is -0.820. The first-order valence-electron chi connectivity index (χ1n) is 19.3. The number of unbranched alkanes of at least 4 members (excludes halogenated alkanes) is 21. The van der Waals surface area contributed by atoms with Crippen LogP contribution in [0, 0.1) is 5.92 Å². The zero-order chi connectivity index (χ0) is 30.6. The first-order valence-corrected chi connectivity index (χ1v) is 19.3. The summed E-state index contributed by atoms with van der Waals surface area (Å²) in [4.78, 5) is 2.36. The van der Waals surface area contributed by atoms with Crippen molar-refractivity contribution in [2.45, 2.75) is 200 Å². The van der Waals surface area contributed by atoms with Crippen LogP contribution in [0.1, 0.15) is 200 Å². The number of nitrogens with zero attached hydrogens (tertiary/aromatic N) is 1. The first-order chi connectivity index (χ1) is 20.7. The smallest absolute Gasteiger partial charge is 0.00247 e. The molecule has 0 aliphatic carbocycles. The van der Waals surface area contributed by atoms with Crippen molar-refractivity contribution in [3.63, 3.8) is 0 Å². The highest BCUT2D eigenvalue weighted by Crippen LogP contribution is 2.23. The van der Waals surface area contributed by atoms with Gasteiger partial charge in [0.15, 0.2) is 0 Å². The van der Waals surface area contributed by atoms with Crippen molar-refractivity contribution in [2.24, 2.45) is 5.92 Å². The molecule has 0 fully saturated rings. The molecule has 0 radical (unpaired) electrons. The van der Waals surface area contributed by atoms with Gasteiger partial charge in [0.1, 0.15) is 0 Å². The van der Waals surface area contributed by atoms with Gasteiger partial charge in [-0.2, -0.15) is 0 Å². The highest BCUT2D eigenvalue weighted by atomic mass is 15.0. The van der Waals surface area contributed by atoms with E-state index in [9.17, 15) is 0 Å². The third kappa shape index (κ3) is 35.4. The van der Waals surface area contributed by atoms with Crippen LogP contribution in [0.3, 0.4) is 0 Å². The van der Waals surface area contributed by atoms with E-state index in [0.717, 1.165) is 5.92 Å². The second kappa shape index (κ2) is 36.4. The molecule has 42 heavy (non-hydrogen) atoms. The molecule has 0 rings (SSSR count). The van der Waals surface area contributed by atoms with E-state index < -0.39 is 0 Å². The Kier molecular flexibility index (Phi) is 35.7. The molecule has 1 atom stereocenters. The molecule has 0 aromatic carbocycles. The highest BCUT2D eigenvalue weighted by Gasteiger charge is 2.09. The molecule has 0 N–H and O–H groups in total. The second-order valence-corrected chi connectivity index (χ2v) is 13.6. The summed E-state index contributed by atoms with van der Waals surface area (Å²) < 4.78 is 0. The Bertz CT molecular complexity index is 571. The van der Waals surface area contributed by atoms with Gasteiger partial charge < -0.3 is 4.90 Å². The largest absolute Gasteiger partial charge is 0.309 e. The summed E-state index contributed by atoms with van der Waals surface area (Å²) in [5, 5.41) is 0. The van der Waals surface area contributed by atoms with E-state index in [0.29, 0.717) is 0 Å². The van der Waals surface area contributed by atoms with Crippen molar-refractivity contribution in [1.29, 1.82) is 0 Å². The molecule has 0 saturated heterocycles. The van der Waals surface area contributed by atoms with E-state index in [-0.39, 0.29) is 0 Å². The number of hydrogen-bond donors (Lipinski definition) is 0. The van der Waals surface area contributed by atoms with Crippen LogP contribution in [0.2, 0.25) is 0 Å². The molecule has 1 nitrogen and oxygen atoms in total. The van der Waals surface area contributed by atoms with Crippen molar-refractivity contribution in [1.82, 2.24) is 4.90 Å². The highest BCUT2D eigenvalue weighted by molar-refractivity contribution is 5.02. The summed E-state index contributed by atoms with van der Waals surface area (Å²) in [5.41, 5.74) is 0. The molecule has 0 spiro atoms. The monoisotopic (exact) mass is 586 g/mol. The molecule has 248 valence electrons. The molecule has 1 heteroatoms. The minimum absolute atomic E-state index is 0.974.